The summed E-state index contributed by atoms with van der Waals surface area (Å²) in [4.78, 5) is 9.74. The summed E-state index contributed by atoms with van der Waals surface area (Å²) in [5.74, 6) is -0.0999. The molecule has 0 bridgehead atoms. The van der Waals surface area contributed by atoms with Crippen molar-refractivity contribution in [3.8, 4) is 5.75 Å². The fourth-order valence-corrected chi connectivity index (χ4v) is 4.15. The van der Waals surface area contributed by atoms with Gasteiger partial charge in [0.15, 0.2) is 5.75 Å². The average molecular weight is 459 g/mol. The largest absolute Gasteiger partial charge is 0.490 e. The van der Waals surface area contributed by atoms with Gasteiger partial charge in [0, 0.05) is 12.6 Å². The third-order valence-corrected chi connectivity index (χ3v) is 6.34. The van der Waals surface area contributed by atoms with Crippen molar-refractivity contribution >= 4 is 37.1 Å². The molecule has 164 valence electrons. The first kappa shape index (κ1) is 23.4. The highest BCUT2D eigenvalue weighted by atomic mass is 32.2. The molecule has 0 unspecified atom stereocenters. The third-order valence-electron chi connectivity index (χ3n) is 4.07. The van der Waals surface area contributed by atoms with Crippen molar-refractivity contribution < 1.29 is 26.5 Å². The third kappa shape index (κ3) is 5.58. The summed E-state index contributed by atoms with van der Waals surface area (Å²) >= 11 is 0. The van der Waals surface area contributed by atoms with Crippen LogP contribution >= 0.6 is 0 Å². The first-order chi connectivity index (χ1) is 14.0. The van der Waals surface area contributed by atoms with E-state index < -0.39 is 35.6 Å². The van der Waals surface area contributed by atoms with Gasteiger partial charge < -0.3 is 10.1 Å². The lowest BCUT2D eigenvalue weighted by atomic mass is 10.2. The number of sulfonamides is 2. The maximum absolute atomic E-state index is 12.8. The number of primary sulfonamides is 1. The van der Waals surface area contributed by atoms with Crippen molar-refractivity contribution in [3.63, 3.8) is 0 Å². The number of nitro groups is 1. The minimum atomic E-state index is -4.30. The zero-order chi connectivity index (χ0) is 22.5. The van der Waals surface area contributed by atoms with Crippen LogP contribution < -0.4 is 19.9 Å². The highest BCUT2D eigenvalue weighted by molar-refractivity contribution is 7.92. The van der Waals surface area contributed by atoms with E-state index in [1.54, 1.807) is 0 Å². The van der Waals surface area contributed by atoms with Crippen molar-refractivity contribution in [1.82, 2.24) is 0 Å². The normalized spacial score (nSPS) is 11.7. The smallest absolute Gasteiger partial charge is 0.312 e. The fourth-order valence-electron chi connectivity index (χ4n) is 2.52. The van der Waals surface area contributed by atoms with E-state index in [1.807, 2.05) is 6.92 Å². The fraction of sp³-hybridized carbons (Fsp3) is 0.294. The summed E-state index contributed by atoms with van der Waals surface area (Å²) < 4.78 is 56.2. The van der Waals surface area contributed by atoms with Crippen LogP contribution in [0.3, 0.4) is 0 Å². The van der Waals surface area contributed by atoms with E-state index in [0.29, 0.717) is 12.2 Å². The molecule has 2 rings (SSSR count). The van der Waals surface area contributed by atoms with Gasteiger partial charge in [-0.3, -0.25) is 14.8 Å². The Morgan fingerprint density at radius 1 is 1.07 bits per heavy atom. The van der Waals surface area contributed by atoms with E-state index in [-0.39, 0.29) is 16.3 Å². The summed E-state index contributed by atoms with van der Waals surface area (Å²) in [5, 5.41) is 19.4. The molecule has 2 aromatic carbocycles. The molecule has 0 saturated heterocycles. The van der Waals surface area contributed by atoms with Crippen molar-refractivity contribution in [2.45, 2.75) is 29.6 Å². The number of hydrogen-bond acceptors (Lipinski definition) is 8. The van der Waals surface area contributed by atoms with E-state index in [4.69, 9.17) is 9.88 Å². The molecule has 0 aliphatic carbocycles. The molecule has 0 amide bonds. The maximum atomic E-state index is 12.8. The molecular weight excluding hydrogens is 436 g/mol. The van der Waals surface area contributed by atoms with Gasteiger partial charge in [0.25, 0.3) is 10.0 Å². The first-order valence-electron chi connectivity index (χ1n) is 8.75. The minimum Gasteiger partial charge on any atom is -0.490 e. The van der Waals surface area contributed by atoms with Gasteiger partial charge in [0.2, 0.25) is 10.0 Å². The highest BCUT2D eigenvalue weighted by Crippen LogP contribution is 2.32. The van der Waals surface area contributed by atoms with Crippen LogP contribution in [0.25, 0.3) is 0 Å². The van der Waals surface area contributed by atoms with E-state index in [2.05, 4.69) is 10.0 Å². The predicted octanol–water partition coefficient (Wildman–Crippen LogP) is 2.26. The van der Waals surface area contributed by atoms with Crippen LogP contribution in [0, 0.1) is 10.1 Å². The number of hydrogen-bond donors (Lipinski definition) is 3. The minimum absolute atomic E-state index is 0.0592. The van der Waals surface area contributed by atoms with Crippen LogP contribution in [0.1, 0.15) is 19.8 Å². The van der Waals surface area contributed by atoms with Gasteiger partial charge in [-0.15, -0.1) is 0 Å². The molecular formula is C17H22N4O7S2. The SMILES string of the molecule is CCCCNc1ccc(S(N)(=O)=O)cc1NS(=O)(=O)c1ccc(OC)c([N+](=O)[O-])c1. The number of anilines is 2. The number of ether oxygens (including phenoxy) is 1. The lowest BCUT2D eigenvalue weighted by molar-refractivity contribution is -0.386. The van der Waals surface area contributed by atoms with Gasteiger partial charge in [-0.05, 0) is 36.8 Å². The molecule has 0 aliphatic heterocycles. The number of unbranched alkanes of at least 4 members (excludes halogenated alkanes) is 1. The van der Waals surface area contributed by atoms with Gasteiger partial charge in [-0.25, -0.2) is 22.0 Å². The lowest BCUT2D eigenvalue weighted by Gasteiger charge is -2.15. The molecule has 0 radical (unpaired) electrons. The van der Waals surface area contributed by atoms with E-state index in [0.717, 1.165) is 37.1 Å². The molecule has 30 heavy (non-hydrogen) atoms. The molecule has 0 heterocycles. The number of benzene rings is 2. The second-order valence-corrected chi connectivity index (χ2v) is 9.47. The number of rotatable bonds is 10. The van der Waals surface area contributed by atoms with Gasteiger partial charge in [-0.1, -0.05) is 13.3 Å². The van der Waals surface area contributed by atoms with E-state index >= 15 is 0 Å². The molecule has 4 N–H and O–H groups in total. The number of nitro benzene ring substituents is 1. The standard InChI is InChI=1S/C17H22N4O7S2/c1-3-4-9-19-14-7-5-12(29(18,24)25)10-15(14)20-30(26,27)13-6-8-17(28-2)16(11-13)21(22)23/h5-8,10-11,19-20H,3-4,9H2,1-2H3,(H2,18,24,25). The Morgan fingerprint density at radius 2 is 1.73 bits per heavy atom. The number of methoxy groups -OCH3 is 1. The monoisotopic (exact) mass is 458 g/mol. The van der Waals surface area contributed by atoms with Crippen LogP contribution in [0.4, 0.5) is 17.1 Å². The number of nitrogens with one attached hydrogen (secondary N) is 2. The predicted molar refractivity (Wildman–Crippen MR) is 112 cm³/mol. The lowest BCUT2D eigenvalue weighted by Crippen LogP contribution is -2.17. The Bertz CT molecular complexity index is 1150. The van der Waals surface area contributed by atoms with Crippen molar-refractivity contribution in [2.24, 2.45) is 5.14 Å². The molecule has 0 spiro atoms. The van der Waals surface area contributed by atoms with Gasteiger partial charge in [0.05, 0.1) is 33.2 Å². The molecule has 0 aromatic heterocycles. The Balaban J connectivity index is 2.50. The Kier molecular flexibility index (Phi) is 7.23. The average Bonchev–Trinajstić information content (AvgIpc) is 2.67. The van der Waals surface area contributed by atoms with Crippen LogP contribution in [0.15, 0.2) is 46.2 Å². The van der Waals surface area contributed by atoms with E-state index in [9.17, 15) is 26.9 Å². The second kappa shape index (κ2) is 9.28. The van der Waals surface area contributed by atoms with Crippen LogP contribution in [-0.4, -0.2) is 35.4 Å². The maximum Gasteiger partial charge on any atom is 0.312 e. The molecule has 2 aromatic rings. The van der Waals surface area contributed by atoms with Crippen LogP contribution in [0.5, 0.6) is 5.75 Å². The summed E-state index contributed by atoms with van der Waals surface area (Å²) in [6, 6.07) is 6.88. The van der Waals surface area contributed by atoms with E-state index in [1.165, 1.54) is 19.2 Å². The molecule has 0 aliphatic rings. The second-order valence-electron chi connectivity index (χ2n) is 6.23. The number of nitrogens with zero attached hydrogens (tertiary/aromatic N) is 1. The summed E-state index contributed by atoms with van der Waals surface area (Å²) in [5.41, 5.74) is -0.251. The van der Waals surface area contributed by atoms with Crippen LogP contribution in [0.2, 0.25) is 0 Å². The van der Waals surface area contributed by atoms with Crippen LogP contribution in [-0.2, 0) is 20.0 Å². The summed E-state index contributed by atoms with van der Waals surface area (Å²) in [7, 11) is -7.15. The molecule has 0 atom stereocenters. The van der Waals surface area contributed by atoms with Gasteiger partial charge >= 0.3 is 5.69 Å². The van der Waals surface area contributed by atoms with Crippen molar-refractivity contribution in [3.05, 3.63) is 46.5 Å². The van der Waals surface area contributed by atoms with Crippen molar-refractivity contribution in [2.75, 3.05) is 23.7 Å². The Hall–Kier alpha value is -2.90. The molecule has 0 fully saturated rings. The summed E-state index contributed by atoms with van der Waals surface area (Å²) in [6.45, 7) is 2.50. The summed E-state index contributed by atoms with van der Waals surface area (Å²) in [6.07, 6.45) is 1.69. The molecule has 13 heteroatoms. The first-order valence-corrected chi connectivity index (χ1v) is 11.8. The number of nitrogens with two attached hydrogens (primary N) is 1. The topological polar surface area (TPSA) is 171 Å². The zero-order valence-electron chi connectivity index (χ0n) is 16.3. The van der Waals surface area contributed by atoms with Crippen molar-refractivity contribution in [1.29, 1.82) is 0 Å². The Morgan fingerprint density at radius 3 is 2.30 bits per heavy atom. The zero-order valence-corrected chi connectivity index (χ0v) is 17.9. The van der Waals surface area contributed by atoms with Gasteiger partial charge in [0.1, 0.15) is 0 Å². The Labute approximate surface area is 174 Å². The quantitative estimate of drug-likeness (QED) is 0.276. The molecule has 11 nitrogen and oxygen atoms in total. The van der Waals surface area contributed by atoms with Gasteiger partial charge in [-0.2, -0.15) is 0 Å². The molecule has 0 saturated carbocycles. The highest BCUT2D eigenvalue weighted by Gasteiger charge is 2.23.